The number of anilines is 1. The van der Waals surface area contributed by atoms with E-state index < -0.39 is 0 Å². The van der Waals surface area contributed by atoms with Gasteiger partial charge in [-0.2, -0.15) is 0 Å². The summed E-state index contributed by atoms with van der Waals surface area (Å²) in [6.45, 7) is 1.48. The van der Waals surface area contributed by atoms with Crippen molar-refractivity contribution in [2.75, 3.05) is 4.90 Å². The van der Waals surface area contributed by atoms with Gasteiger partial charge >= 0.3 is 0 Å². The van der Waals surface area contributed by atoms with Crippen LogP contribution in [0.1, 0.15) is 38.0 Å². The van der Waals surface area contributed by atoms with E-state index in [9.17, 15) is 14.4 Å². The van der Waals surface area contributed by atoms with Gasteiger partial charge in [0.2, 0.25) is 0 Å². The second-order valence-corrected chi connectivity index (χ2v) is 5.73. The van der Waals surface area contributed by atoms with Gasteiger partial charge in [0.1, 0.15) is 0 Å². The molecule has 24 heavy (non-hydrogen) atoms. The van der Waals surface area contributed by atoms with Crippen molar-refractivity contribution in [3.63, 3.8) is 0 Å². The molecular weight excluding hydrogens is 302 g/mol. The number of ketones is 1. The van der Waals surface area contributed by atoms with Crippen LogP contribution in [0.4, 0.5) is 5.69 Å². The Morgan fingerprint density at radius 3 is 2.12 bits per heavy atom. The molecule has 116 valence electrons. The smallest absolute Gasteiger partial charge is 0.265 e. The number of carbonyl (C=O) groups excluding carboxylic acids is 3. The molecule has 1 heterocycles. The van der Waals surface area contributed by atoms with E-state index in [1.165, 1.54) is 11.8 Å². The maximum Gasteiger partial charge on any atom is 0.265 e. The third-order valence-electron chi connectivity index (χ3n) is 4.30. The van der Waals surface area contributed by atoms with Crippen LogP contribution in [0.5, 0.6) is 0 Å². The molecule has 0 aliphatic carbocycles. The highest BCUT2D eigenvalue weighted by atomic mass is 16.2. The Hall–Kier alpha value is -3.27. The summed E-state index contributed by atoms with van der Waals surface area (Å²) < 4.78 is 0. The lowest BCUT2D eigenvalue weighted by atomic mass is 9.90. The molecule has 0 atom stereocenters. The summed E-state index contributed by atoms with van der Waals surface area (Å²) in [4.78, 5) is 38.9. The van der Waals surface area contributed by atoms with Crippen LogP contribution in [0.2, 0.25) is 0 Å². The molecule has 0 aromatic heterocycles. The zero-order valence-corrected chi connectivity index (χ0v) is 12.9. The summed E-state index contributed by atoms with van der Waals surface area (Å²) in [5, 5.41) is 1.21. The van der Waals surface area contributed by atoms with Crippen molar-refractivity contribution < 1.29 is 14.4 Å². The Morgan fingerprint density at radius 2 is 1.46 bits per heavy atom. The monoisotopic (exact) mass is 315 g/mol. The number of carbonyl (C=O) groups is 3. The topological polar surface area (TPSA) is 54.5 Å². The van der Waals surface area contributed by atoms with Gasteiger partial charge in [0, 0.05) is 22.1 Å². The third kappa shape index (κ3) is 1.90. The molecule has 0 spiro atoms. The van der Waals surface area contributed by atoms with Gasteiger partial charge in [-0.3, -0.25) is 14.4 Å². The molecule has 1 aliphatic rings. The van der Waals surface area contributed by atoms with Crippen molar-refractivity contribution in [3.8, 4) is 0 Å². The van der Waals surface area contributed by atoms with Crippen LogP contribution in [-0.4, -0.2) is 17.6 Å². The second-order valence-electron chi connectivity index (χ2n) is 5.73. The number of para-hydroxylation sites is 1. The van der Waals surface area contributed by atoms with Gasteiger partial charge in [-0.25, -0.2) is 4.90 Å². The highest BCUT2D eigenvalue weighted by Crippen LogP contribution is 2.34. The molecular formula is C20H13NO3. The molecule has 3 aromatic rings. The maximum absolute atomic E-state index is 12.9. The van der Waals surface area contributed by atoms with Crippen LogP contribution in [0.3, 0.4) is 0 Å². The molecule has 0 unspecified atom stereocenters. The molecule has 2 amide bonds. The maximum atomic E-state index is 12.9. The first-order valence-corrected chi connectivity index (χ1v) is 7.60. The Labute approximate surface area is 138 Å². The molecule has 4 heteroatoms. The van der Waals surface area contributed by atoms with E-state index >= 15 is 0 Å². The van der Waals surface area contributed by atoms with Crippen molar-refractivity contribution in [2.45, 2.75) is 6.92 Å². The van der Waals surface area contributed by atoms with Gasteiger partial charge < -0.3 is 0 Å². The Balaban J connectivity index is 2.03. The largest absolute Gasteiger partial charge is 0.294 e. The van der Waals surface area contributed by atoms with Crippen LogP contribution in [0, 0.1) is 0 Å². The minimum absolute atomic E-state index is 0.0934. The highest BCUT2D eigenvalue weighted by molar-refractivity contribution is 6.36. The standard InChI is InChI=1S/C20H13NO3/c1-12(22)14-10-11-17-18-15(14)8-5-9-16(18)19(23)21(20(17)24)13-6-3-2-4-7-13/h2-11H,1H3. The number of benzene rings is 3. The first-order valence-electron chi connectivity index (χ1n) is 7.60. The predicted molar refractivity (Wildman–Crippen MR) is 91.5 cm³/mol. The fourth-order valence-corrected chi connectivity index (χ4v) is 3.21. The van der Waals surface area contributed by atoms with Crippen molar-refractivity contribution in [2.24, 2.45) is 0 Å². The third-order valence-corrected chi connectivity index (χ3v) is 4.30. The normalized spacial score (nSPS) is 13.5. The molecule has 4 nitrogen and oxygen atoms in total. The van der Waals surface area contributed by atoms with Crippen LogP contribution >= 0.6 is 0 Å². The fourth-order valence-electron chi connectivity index (χ4n) is 3.21. The van der Waals surface area contributed by atoms with Gasteiger partial charge in [0.25, 0.3) is 11.8 Å². The lowest BCUT2D eigenvalue weighted by Gasteiger charge is -2.27. The number of imide groups is 1. The molecule has 0 saturated carbocycles. The summed E-state index contributed by atoms with van der Waals surface area (Å²) in [5.41, 5.74) is 1.93. The number of amides is 2. The fraction of sp³-hybridized carbons (Fsp3) is 0.0500. The Kier molecular flexibility index (Phi) is 3.06. The Bertz CT molecular complexity index is 999. The molecule has 0 bridgehead atoms. The van der Waals surface area contributed by atoms with Gasteiger partial charge in [-0.15, -0.1) is 0 Å². The summed E-state index contributed by atoms with van der Waals surface area (Å²) in [5.74, 6) is -0.834. The van der Waals surface area contributed by atoms with Gasteiger partial charge in [0.15, 0.2) is 5.78 Å². The number of rotatable bonds is 2. The van der Waals surface area contributed by atoms with E-state index in [0.717, 1.165) is 0 Å². The zero-order chi connectivity index (χ0) is 16.8. The predicted octanol–water partition coefficient (Wildman–Crippen LogP) is 3.84. The van der Waals surface area contributed by atoms with Crippen molar-refractivity contribution >= 4 is 34.1 Å². The summed E-state index contributed by atoms with van der Waals surface area (Å²) in [6, 6.07) is 17.3. The van der Waals surface area contributed by atoms with Crippen LogP contribution < -0.4 is 4.90 Å². The average Bonchev–Trinajstić information content (AvgIpc) is 2.60. The lowest BCUT2D eigenvalue weighted by molar-refractivity contribution is 0.0892. The number of nitrogens with zero attached hydrogens (tertiary/aromatic N) is 1. The first kappa shape index (κ1) is 14.3. The van der Waals surface area contributed by atoms with Crippen LogP contribution in [0.15, 0.2) is 60.7 Å². The van der Waals surface area contributed by atoms with E-state index in [1.807, 2.05) is 6.07 Å². The number of Topliss-reactive ketones (excluding diaryl/α,β-unsaturated/α-hetero) is 1. The first-order chi connectivity index (χ1) is 11.6. The zero-order valence-electron chi connectivity index (χ0n) is 12.9. The minimum Gasteiger partial charge on any atom is -0.294 e. The van der Waals surface area contributed by atoms with Crippen LogP contribution in [0.25, 0.3) is 10.8 Å². The highest BCUT2D eigenvalue weighted by Gasteiger charge is 2.34. The van der Waals surface area contributed by atoms with Gasteiger partial charge in [-0.05, 0) is 42.6 Å². The Morgan fingerprint density at radius 1 is 0.792 bits per heavy atom. The second kappa shape index (κ2) is 5.13. The molecule has 0 saturated heterocycles. The summed E-state index contributed by atoms with van der Waals surface area (Å²) in [7, 11) is 0. The minimum atomic E-state index is -0.370. The van der Waals surface area contributed by atoms with Crippen LogP contribution in [-0.2, 0) is 0 Å². The van der Waals surface area contributed by atoms with Gasteiger partial charge in [0.05, 0.1) is 5.69 Å². The SMILES string of the molecule is CC(=O)c1ccc2c3c(cccc13)C(=O)N(c1ccccc1)C2=O. The molecule has 0 radical (unpaired) electrons. The quantitative estimate of drug-likeness (QED) is 0.533. The molecule has 4 rings (SSSR count). The van der Waals surface area contributed by atoms with E-state index in [4.69, 9.17) is 0 Å². The van der Waals surface area contributed by atoms with E-state index in [0.29, 0.717) is 33.2 Å². The lowest BCUT2D eigenvalue weighted by Crippen LogP contribution is -2.40. The van der Waals surface area contributed by atoms with Gasteiger partial charge in [-0.1, -0.05) is 30.3 Å². The van der Waals surface area contributed by atoms with E-state index in [-0.39, 0.29) is 17.6 Å². The molecule has 3 aromatic carbocycles. The van der Waals surface area contributed by atoms with Crippen molar-refractivity contribution in [1.29, 1.82) is 0 Å². The number of hydrogen-bond acceptors (Lipinski definition) is 3. The van der Waals surface area contributed by atoms with E-state index in [1.54, 1.807) is 54.6 Å². The van der Waals surface area contributed by atoms with Crippen molar-refractivity contribution in [3.05, 3.63) is 77.4 Å². The average molecular weight is 315 g/mol. The number of hydrogen-bond donors (Lipinski definition) is 0. The van der Waals surface area contributed by atoms with E-state index in [2.05, 4.69) is 0 Å². The van der Waals surface area contributed by atoms with Crippen molar-refractivity contribution in [1.82, 2.24) is 0 Å². The molecule has 0 N–H and O–H groups in total. The molecule has 0 fully saturated rings. The summed E-state index contributed by atoms with van der Waals surface area (Å²) in [6.07, 6.45) is 0. The summed E-state index contributed by atoms with van der Waals surface area (Å²) >= 11 is 0. The molecule has 1 aliphatic heterocycles.